The fourth-order valence-electron chi connectivity index (χ4n) is 2.73. The van der Waals surface area contributed by atoms with Crippen molar-refractivity contribution in [1.82, 2.24) is 0 Å². The topological polar surface area (TPSA) is 35.5 Å². The Morgan fingerprint density at radius 2 is 1.75 bits per heavy atom. The largest absolute Gasteiger partial charge is 0.490 e. The zero-order valence-corrected chi connectivity index (χ0v) is 12.3. The van der Waals surface area contributed by atoms with Crippen LogP contribution in [0.2, 0.25) is 0 Å². The van der Waals surface area contributed by atoms with Gasteiger partial charge in [0, 0.05) is 12.3 Å². The van der Waals surface area contributed by atoms with E-state index in [-0.39, 0.29) is 5.92 Å². The SMILES string of the molecule is CCOc1ccccc1OCCC(=O)C1CCCCC1. The van der Waals surface area contributed by atoms with Crippen molar-refractivity contribution < 1.29 is 14.3 Å². The molecule has 0 bridgehead atoms. The molecule has 0 saturated heterocycles. The summed E-state index contributed by atoms with van der Waals surface area (Å²) in [5, 5.41) is 0. The number of hydrogen-bond donors (Lipinski definition) is 0. The van der Waals surface area contributed by atoms with E-state index in [1.54, 1.807) is 0 Å². The molecule has 1 aliphatic rings. The number of rotatable bonds is 7. The van der Waals surface area contributed by atoms with Crippen LogP contribution in [0.3, 0.4) is 0 Å². The third-order valence-corrected chi connectivity index (χ3v) is 3.82. The Morgan fingerprint density at radius 1 is 1.10 bits per heavy atom. The van der Waals surface area contributed by atoms with E-state index in [2.05, 4.69) is 0 Å². The van der Waals surface area contributed by atoms with Crippen LogP contribution in [-0.4, -0.2) is 19.0 Å². The molecule has 0 atom stereocenters. The summed E-state index contributed by atoms with van der Waals surface area (Å²) in [7, 11) is 0. The van der Waals surface area contributed by atoms with Crippen molar-refractivity contribution in [2.24, 2.45) is 5.92 Å². The zero-order chi connectivity index (χ0) is 14.2. The van der Waals surface area contributed by atoms with Crippen LogP contribution in [0.25, 0.3) is 0 Å². The van der Waals surface area contributed by atoms with Gasteiger partial charge < -0.3 is 9.47 Å². The summed E-state index contributed by atoms with van der Waals surface area (Å²) in [6.45, 7) is 3.00. The Hall–Kier alpha value is -1.51. The molecule has 0 N–H and O–H groups in total. The smallest absolute Gasteiger partial charge is 0.161 e. The van der Waals surface area contributed by atoms with Crippen molar-refractivity contribution in [3.8, 4) is 11.5 Å². The second-order valence-corrected chi connectivity index (χ2v) is 5.28. The molecule has 0 unspecified atom stereocenters. The third kappa shape index (κ3) is 4.26. The molecule has 3 nitrogen and oxygen atoms in total. The van der Waals surface area contributed by atoms with Gasteiger partial charge in [0.2, 0.25) is 0 Å². The number of ether oxygens (including phenoxy) is 2. The van der Waals surface area contributed by atoms with Crippen LogP contribution in [0, 0.1) is 5.92 Å². The van der Waals surface area contributed by atoms with E-state index in [4.69, 9.17) is 9.47 Å². The molecule has 0 spiro atoms. The molecule has 1 aromatic carbocycles. The molecule has 0 aromatic heterocycles. The molecule has 0 heterocycles. The van der Waals surface area contributed by atoms with Crippen molar-refractivity contribution >= 4 is 5.78 Å². The summed E-state index contributed by atoms with van der Waals surface area (Å²) in [6, 6.07) is 7.61. The van der Waals surface area contributed by atoms with Gasteiger partial charge in [0.1, 0.15) is 5.78 Å². The molecule has 1 saturated carbocycles. The van der Waals surface area contributed by atoms with Gasteiger partial charge in [-0.25, -0.2) is 0 Å². The van der Waals surface area contributed by atoms with Crippen LogP contribution < -0.4 is 9.47 Å². The number of carbonyl (C=O) groups is 1. The second kappa shape index (κ2) is 7.93. The quantitative estimate of drug-likeness (QED) is 0.755. The monoisotopic (exact) mass is 276 g/mol. The zero-order valence-electron chi connectivity index (χ0n) is 12.3. The van der Waals surface area contributed by atoms with E-state index in [1.807, 2.05) is 31.2 Å². The van der Waals surface area contributed by atoms with Gasteiger partial charge in [-0.3, -0.25) is 4.79 Å². The standard InChI is InChI=1S/C17H24O3/c1-2-19-16-10-6-7-11-17(16)20-13-12-15(18)14-8-4-3-5-9-14/h6-7,10-11,14H,2-5,8-9,12-13H2,1H3. The van der Waals surface area contributed by atoms with E-state index in [1.165, 1.54) is 19.3 Å². The Morgan fingerprint density at radius 3 is 2.40 bits per heavy atom. The molecule has 20 heavy (non-hydrogen) atoms. The molecule has 1 fully saturated rings. The molecule has 0 aliphatic heterocycles. The molecular formula is C17H24O3. The van der Waals surface area contributed by atoms with E-state index in [9.17, 15) is 4.79 Å². The number of hydrogen-bond acceptors (Lipinski definition) is 3. The first-order chi connectivity index (χ1) is 9.81. The molecular weight excluding hydrogens is 252 g/mol. The number of carbonyl (C=O) groups excluding carboxylic acids is 1. The van der Waals surface area contributed by atoms with Gasteiger partial charge >= 0.3 is 0 Å². The van der Waals surface area contributed by atoms with Gasteiger partial charge in [-0.05, 0) is 31.9 Å². The molecule has 1 aromatic rings. The van der Waals surface area contributed by atoms with Crippen LogP contribution in [0.5, 0.6) is 11.5 Å². The highest BCUT2D eigenvalue weighted by Gasteiger charge is 2.20. The molecule has 0 amide bonds. The van der Waals surface area contributed by atoms with Gasteiger partial charge in [0.25, 0.3) is 0 Å². The average molecular weight is 276 g/mol. The maximum absolute atomic E-state index is 12.1. The van der Waals surface area contributed by atoms with Crippen LogP contribution in [0.15, 0.2) is 24.3 Å². The van der Waals surface area contributed by atoms with Gasteiger partial charge in [-0.15, -0.1) is 0 Å². The van der Waals surface area contributed by atoms with E-state index < -0.39 is 0 Å². The summed E-state index contributed by atoms with van der Waals surface area (Å²) < 4.78 is 11.2. The predicted octanol–water partition coefficient (Wildman–Crippen LogP) is 4.00. The number of benzene rings is 1. The normalized spacial score (nSPS) is 15.8. The second-order valence-electron chi connectivity index (χ2n) is 5.28. The van der Waals surface area contributed by atoms with Crippen LogP contribution in [0.4, 0.5) is 0 Å². The fraction of sp³-hybridized carbons (Fsp3) is 0.588. The predicted molar refractivity (Wildman–Crippen MR) is 79.3 cm³/mol. The molecule has 1 aliphatic carbocycles. The van der Waals surface area contributed by atoms with Gasteiger partial charge in [-0.2, -0.15) is 0 Å². The number of ketones is 1. The number of Topliss-reactive ketones (excluding diaryl/α,β-unsaturated/α-hetero) is 1. The molecule has 0 radical (unpaired) electrons. The van der Waals surface area contributed by atoms with Crippen LogP contribution in [0.1, 0.15) is 45.4 Å². The fourth-order valence-corrected chi connectivity index (χ4v) is 2.73. The van der Waals surface area contributed by atoms with Crippen molar-refractivity contribution in [1.29, 1.82) is 0 Å². The summed E-state index contributed by atoms with van der Waals surface area (Å²) in [4.78, 5) is 12.1. The lowest BCUT2D eigenvalue weighted by Crippen LogP contribution is -2.19. The molecule has 3 heteroatoms. The third-order valence-electron chi connectivity index (χ3n) is 3.82. The highest BCUT2D eigenvalue weighted by molar-refractivity contribution is 5.81. The highest BCUT2D eigenvalue weighted by atomic mass is 16.5. The summed E-state index contributed by atoms with van der Waals surface area (Å²) in [5.74, 6) is 2.11. The van der Waals surface area contributed by atoms with Crippen molar-refractivity contribution in [3.05, 3.63) is 24.3 Å². The molecule has 2 rings (SSSR count). The van der Waals surface area contributed by atoms with Crippen molar-refractivity contribution in [2.45, 2.75) is 45.4 Å². The lowest BCUT2D eigenvalue weighted by Gasteiger charge is -2.20. The Labute approximate surface area is 121 Å². The molecule has 110 valence electrons. The van der Waals surface area contributed by atoms with E-state index >= 15 is 0 Å². The maximum atomic E-state index is 12.1. The Bertz CT molecular complexity index is 422. The lowest BCUT2D eigenvalue weighted by atomic mass is 9.85. The first-order valence-corrected chi connectivity index (χ1v) is 7.68. The number of para-hydroxylation sites is 2. The average Bonchev–Trinajstić information content (AvgIpc) is 2.50. The highest BCUT2D eigenvalue weighted by Crippen LogP contribution is 2.28. The van der Waals surface area contributed by atoms with Crippen LogP contribution >= 0.6 is 0 Å². The first-order valence-electron chi connectivity index (χ1n) is 7.68. The Balaban J connectivity index is 1.79. The Kier molecular flexibility index (Phi) is 5.90. The van der Waals surface area contributed by atoms with Gasteiger partial charge in [-0.1, -0.05) is 31.4 Å². The summed E-state index contributed by atoms with van der Waals surface area (Å²) >= 11 is 0. The van der Waals surface area contributed by atoms with Crippen molar-refractivity contribution in [3.63, 3.8) is 0 Å². The van der Waals surface area contributed by atoms with E-state index in [0.29, 0.717) is 25.4 Å². The van der Waals surface area contributed by atoms with E-state index in [0.717, 1.165) is 24.3 Å². The first kappa shape index (κ1) is 14.9. The van der Waals surface area contributed by atoms with Crippen molar-refractivity contribution in [2.75, 3.05) is 13.2 Å². The summed E-state index contributed by atoms with van der Waals surface area (Å²) in [6.07, 6.45) is 6.31. The van der Waals surface area contributed by atoms with Gasteiger partial charge in [0.05, 0.1) is 13.2 Å². The lowest BCUT2D eigenvalue weighted by molar-refractivity contribution is -0.124. The van der Waals surface area contributed by atoms with Gasteiger partial charge in [0.15, 0.2) is 11.5 Å². The minimum absolute atomic E-state index is 0.273. The maximum Gasteiger partial charge on any atom is 0.161 e. The minimum atomic E-state index is 0.273. The summed E-state index contributed by atoms with van der Waals surface area (Å²) in [5.41, 5.74) is 0. The minimum Gasteiger partial charge on any atom is -0.490 e. The van der Waals surface area contributed by atoms with Crippen LogP contribution in [-0.2, 0) is 4.79 Å².